The standard InChI is InChI=1S/C28H36F3N7O2/c1-16(2)26-35-28(40-36-26)37-7-4-18(5-8-37)17(3)6-9-39-19-12-33-27(34-13-19)38-14-21(25(32)15-38)20-10-23(30)24(31)11-22(20)29/h10-13,16-18,21,25H,4-9,14-15,32H2,1-3H3/t17-,21-,25+/m1/s1. The van der Waals surface area contributed by atoms with Gasteiger partial charge in [0.15, 0.2) is 23.2 Å². The molecule has 1 aromatic carbocycles. The van der Waals surface area contributed by atoms with Gasteiger partial charge in [-0.05, 0) is 42.7 Å². The smallest absolute Gasteiger partial charge is 0.324 e. The van der Waals surface area contributed by atoms with E-state index in [4.69, 9.17) is 15.0 Å². The van der Waals surface area contributed by atoms with Gasteiger partial charge in [-0.1, -0.05) is 25.9 Å². The number of piperidine rings is 1. The Bertz CT molecular complexity index is 1280. The minimum absolute atomic E-state index is 0.0588. The van der Waals surface area contributed by atoms with Gasteiger partial charge in [0.05, 0.1) is 19.0 Å². The molecular formula is C28H36F3N7O2. The number of nitrogens with two attached hydrogens (primary N) is 1. The molecule has 0 unspecified atom stereocenters. The minimum atomic E-state index is -1.22. The summed E-state index contributed by atoms with van der Waals surface area (Å²) >= 11 is 0. The van der Waals surface area contributed by atoms with Crippen LogP contribution in [0.15, 0.2) is 29.0 Å². The summed E-state index contributed by atoms with van der Waals surface area (Å²) < 4.78 is 52.7. The number of anilines is 2. The lowest BCUT2D eigenvalue weighted by molar-refractivity contribution is 0.219. The molecule has 2 aliphatic heterocycles. The molecule has 2 aromatic heterocycles. The van der Waals surface area contributed by atoms with E-state index in [-0.39, 0.29) is 11.5 Å². The topological polar surface area (TPSA) is 106 Å². The molecule has 0 radical (unpaired) electrons. The molecule has 4 heterocycles. The van der Waals surface area contributed by atoms with Crippen LogP contribution < -0.4 is 20.3 Å². The fourth-order valence-corrected chi connectivity index (χ4v) is 5.54. The maximum atomic E-state index is 14.3. The second-order valence-electron chi connectivity index (χ2n) is 11.2. The summed E-state index contributed by atoms with van der Waals surface area (Å²) in [6.07, 6.45) is 6.25. The summed E-state index contributed by atoms with van der Waals surface area (Å²) in [5.41, 5.74) is 6.27. The average Bonchev–Trinajstić information content (AvgIpc) is 3.59. The summed E-state index contributed by atoms with van der Waals surface area (Å²) in [6, 6.07) is 1.59. The van der Waals surface area contributed by atoms with Gasteiger partial charge in [0, 0.05) is 50.1 Å². The second kappa shape index (κ2) is 12.0. The number of ether oxygens (including phenoxy) is 1. The van der Waals surface area contributed by atoms with Crippen LogP contribution in [0.4, 0.5) is 25.1 Å². The van der Waals surface area contributed by atoms with E-state index < -0.39 is 29.4 Å². The van der Waals surface area contributed by atoms with Crippen LogP contribution in [0.25, 0.3) is 0 Å². The lowest BCUT2D eigenvalue weighted by Gasteiger charge is -2.33. The molecule has 0 spiro atoms. The van der Waals surface area contributed by atoms with E-state index in [1.54, 1.807) is 12.4 Å². The largest absolute Gasteiger partial charge is 0.490 e. The van der Waals surface area contributed by atoms with Crippen molar-refractivity contribution < 1.29 is 22.4 Å². The number of nitrogens with zero attached hydrogens (tertiary/aromatic N) is 6. The monoisotopic (exact) mass is 559 g/mol. The molecule has 3 aromatic rings. The third-order valence-electron chi connectivity index (χ3n) is 8.11. The van der Waals surface area contributed by atoms with Crippen LogP contribution in [0.1, 0.15) is 63.3 Å². The van der Waals surface area contributed by atoms with E-state index in [9.17, 15) is 13.2 Å². The Labute approximate surface area is 231 Å². The van der Waals surface area contributed by atoms with Crippen molar-refractivity contribution in [3.8, 4) is 5.75 Å². The highest BCUT2D eigenvalue weighted by Crippen LogP contribution is 2.32. The highest BCUT2D eigenvalue weighted by Gasteiger charge is 2.35. The third-order valence-corrected chi connectivity index (χ3v) is 8.11. The predicted octanol–water partition coefficient (Wildman–Crippen LogP) is 4.65. The van der Waals surface area contributed by atoms with Gasteiger partial charge in [0.2, 0.25) is 5.95 Å². The molecule has 0 aliphatic carbocycles. The number of aromatic nitrogens is 4. The van der Waals surface area contributed by atoms with E-state index >= 15 is 0 Å². The normalized spacial score (nSPS) is 20.9. The molecule has 216 valence electrons. The highest BCUT2D eigenvalue weighted by atomic mass is 19.2. The number of rotatable bonds is 9. The minimum Gasteiger partial charge on any atom is -0.490 e. The molecule has 2 fully saturated rings. The first-order valence-corrected chi connectivity index (χ1v) is 13.9. The van der Waals surface area contributed by atoms with Crippen molar-refractivity contribution in [2.24, 2.45) is 17.6 Å². The quantitative estimate of drug-likeness (QED) is 0.375. The van der Waals surface area contributed by atoms with Crippen molar-refractivity contribution in [3.05, 3.63) is 53.4 Å². The summed E-state index contributed by atoms with van der Waals surface area (Å²) in [6.45, 7) is 9.37. The maximum absolute atomic E-state index is 14.3. The Balaban J connectivity index is 1.07. The predicted molar refractivity (Wildman–Crippen MR) is 144 cm³/mol. The van der Waals surface area contributed by atoms with E-state index in [1.165, 1.54) is 0 Å². The zero-order chi connectivity index (χ0) is 28.4. The lowest BCUT2D eigenvalue weighted by atomic mass is 9.84. The molecule has 3 atom stereocenters. The van der Waals surface area contributed by atoms with Gasteiger partial charge < -0.3 is 24.8 Å². The zero-order valence-electron chi connectivity index (χ0n) is 23.1. The molecule has 2 aliphatic rings. The number of benzene rings is 1. The van der Waals surface area contributed by atoms with Crippen LogP contribution in [0.3, 0.4) is 0 Å². The number of hydrogen-bond donors (Lipinski definition) is 1. The molecule has 0 bridgehead atoms. The average molecular weight is 560 g/mol. The van der Waals surface area contributed by atoms with E-state index in [1.807, 2.05) is 18.7 Å². The third kappa shape index (κ3) is 6.16. The van der Waals surface area contributed by atoms with E-state index in [0.29, 0.717) is 55.3 Å². The number of hydrogen-bond acceptors (Lipinski definition) is 9. The first-order valence-electron chi connectivity index (χ1n) is 13.9. The van der Waals surface area contributed by atoms with Crippen molar-refractivity contribution in [3.63, 3.8) is 0 Å². The first-order chi connectivity index (χ1) is 19.2. The Morgan fingerprint density at radius 1 is 1.00 bits per heavy atom. The van der Waals surface area contributed by atoms with Gasteiger partial charge in [-0.2, -0.15) is 4.98 Å². The van der Waals surface area contributed by atoms with Crippen molar-refractivity contribution in [2.45, 2.75) is 57.9 Å². The van der Waals surface area contributed by atoms with E-state index in [0.717, 1.165) is 44.2 Å². The van der Waals surface area contributed by atoms with Crippen LogP contribution in [-0.2, 0) is 0 Å². The van der Waals surface area contributed by atoms with Gasteiger partial charge in [0.25, 0.3) is 0 Å². The van der Waals surface area contributed by atoms with Gasteiger partial charge >= 0.3 is 6.01 Å². The van der Waals surface area contributed by atoms with Gasteiger partial charge in [-0.15, -0.1) is 0 Å². The zero-order valence-corrected chi connectivity index (χ0v) is 23.1. The fraction of sp³-hybridized carbons (Fsp3) is 0.571. The molecule has 0 amide bonds. The van der Waals surface area contributed by atoms with Gasteiger partial charge in [-0.3, -0.25) is 0 Å². The van der Waals surface area contributed by atoms with Gasteiger partial charge in [-0.25, -0.2) is 23.1 Å². The Hall–Kier alpha value is -3.41. The molecule has 9 nitrogen and oxygen atoms in total. The van der Waals surface area contributed by atoms with E-state index in [2.05, 4.69) is 31.9 Å². The highest BCUT2D eigenvalue weighted by molar-refractivity contribution is 5.39. The Morgan fingerprint density at radius 3 is 2.38 bits per heavy atom. The molecule has 0 saturated carbocycles. The van der Waals surface area contributed by atoms with Gasteiger partial charge in [0.1, 0.15) is 5.82 Å². The molecule has 12 heteroatoms. The maximum Gasteiger partial charge on any atom is 0.324 e. The molecule has 2 saturated heterocycles. The van der Waals surface area contributed by atoms with Crippen LogP contribution in [0, 0.1) is 29.3 Å². The lowest BCUT2D eigenvalue weighted by Crippen LogP contribution is -2.36. The fourth-order valence-electron chi connectivity index (χ4n) is 5.54. The number of halogens is 3. The molecule has 2 N–H and O–H groups in total. The van der Waals surface area contributed by atoms with Crippen LogP contribution in [0.2, 0.25) is 0 Å². The Morgan fingerprint density at radius 2 is 1.70 bits per heavy atom. The van der Waals surface area contributed by atoms with Crippen molar-refractivity contribution >= 4 is 12.0 Å². The summed E-state index contributed by atoms with van der Waals surface area (Å²) in [5, 5.41) is 4.07. The second-order valence-corrected chi connectivity index (χ2v) is 11.2. The summed E-state index contributed by atoms with van der Waals surface area (Å²) in [7, 11) is 0. The van der Waals surface area contributed by atoms with Crippen molar-refractivity contribution in [2.75, 3.05) is 42.6 Å². The van der Waals surface area contributed by atoms with Crippen molar-refractivity contribution in [1.29, 1.82) is 0 Å². The summed E-state index contributed by atoms with van der Waals surface area (Å²) in [5.74, 6) is -0.560. The van der Waals surface area contributed by atoms with Crippen molar-refractivity contribution in [1.82, 2.24) is 20.1 Å². The molecule has 40 heavy (non-hydrogen) atoms. The first kappa shape index (κ1) is 28.1. The SMILES string of the molecule is CC(C)c1noc(N2CCC([C@H](C)CCOc3cnc(N4C[C@H](c5cc(F)c(F)cc5F)[C@@H](N)C4)nc3)CC2)n1. The Kier molecular flexibility index (Phi) is 8.43. The van der Waals surface area contributed by atoms with Crippen LogP contribution >= 0.6 is 0 Å². The summed E-state index contributed by atoms with van der Waals surface area (Å²) in [4.78, 5) is 17.3. The molecule has 5 rings (SSSR count). The van der Waals surface area contributed by atoms with Crippen LogP contribution in [0.5, 0.6) is 5.75 Å². The van der Waals surface area contributed by atoms with Crippen LogP contribution in [-0.4, -0.2) is 58.9 Å². The molecular weight excluding hydrogens is 523 g/mol.